The summed E-state index contributed by atoms with van der Waals surface area (Å²) < 4.78 is 20.3. The van der Waals surface area contributed by atoms with E-state index >= 15 is 0 Å². The van der Waals surface area contributed by atoms with E-state index in [0.717, 1.165) is 5.56 Å². The summed E-state index contributed by atoms with van der Waals surface area (Å²) in [6, 6.07) is 11.7. The van der Waals surface area contributed by atoms with Gasteiger partial charge in [0, 0.05) is 0 Å². The van der Waals surface area contributed by atoms with Crippen LogP contribution in [0.4, 0.5) is 0 Å². The van der Waals surface area contributed by atoms with E-state index in [-0.39, 0.29) is 6.61 Å². The first-order chi connectivity index (χ1) is 11.5. The van der Waals surface area contributed by atoms with E-state index < -0.39 is 11.9 Å². The van der Waals surface area contributed by atoms with Gasteiger partial charge < -0.3 is 18.9 Å². The number of hydrogen-bond acceptors (Lipinski definition) is 6. The molecule has 0 saturated heterocycles. The van der Waals surface area contributed by atoms with Crippen LogP contribution in [0, 0.1) is 6.92 Å². The van der Waals surface area contributed by atoms with E-state index in [1.807, 2.05) is 19.1 Å². The molecule has 0 amide bonds. The van der Waals surface area contributed by atoms with Crippen LogP contribution in [0.1, 0.15) is 15.9 Å². The molecule has 0 aliphatic rings. The van der Waals surface area contributed by atoms with Gasteiger partial charge in [0.2, 0.25) is 0 Å². The van der Waals surface area contributed by atoms with Crippen LogP contribution in [0.2, 0.25) is 0 Å². The molecule has 0 aliphatic heterocycles. The Bertz CT molecular complexity index is 721. The molecule has 0 heterocycles. The Morgan fingerprint density at radius 1 is 0.958 bits per heavy atom. The number of aryl methyl sites for hydroxylation is 1. The zero-order valence-corrected chi connectivity index (χ0v) is 13.7. The number of carbonyl (C=O) groups excluding carboxylic acids is 2. The molecule has 0 N–H and O–H groups in total. The maximum absolute atomic E-state index is 12.2. The summed E-state index contributed by atoms with van der Waals surface area (Å²) in [6.45, 7) is 1.70. The lowest BCUT2D eigenvalue weighted by Gasteiger charge is -2.11. The van der Waals surface area contributed by atoms with Crippen molar-refractivity contribution in [2.45, 2.75) is 6.92 Å². The van der Waals surface area contributed by atoms with E-state index in [4.69, 9.17) is 14.2 Å². The van der Waals surface area contributed by atoms with Gasteiger partial charge in [-0.1, -0.05) is 17.7 Å². The van der Waals surface area contributed by atoms with Crippen molar-refractivity contribution in [2.75, 3.05) is 20.8 Å². The molecule has 0 saturated carbocycles. The van der Waals surface area contributed by atoms with Crippen LogP contribution >= 0.6 is 0 Å². The number of rotatable bonds is 6. The molecule has 0 aromatic heterocycles. The van der Waals surface area contributed by atoms with Crippen LogP contribution in [0.25, 0.3) is 0 Å². The Morgan fingerprint density at radius 2 is 1.67 bits per heavy atom. The molecular weight excluding hydrogens is 312 g/mol. The van der Waals surface area contributed by atoms with Crippen LogP contribution in [0.15, 0.2) is 42.5 Å². The summed E-state index contributed by atoms with van der Waals surface area (Å²) in [6.07, 6.45) is 0. The molecule has 126 valence electrons. The van der Waals surface area contributed by atoms with Crippen molar-refractivity contribution < 1.29 is 28.5 Å². The Hall–Kier alpha value is -3.02. The molecule has 6 heteroatoms. The van der Waals surface area contributed by atoms with Crippen LogP contribution in [-0.2, 0) is 9.53 Å². The Labute approximate surface area is 139 Å². The lowest BCUT2D eigenvalue weighted by molar-refractivity contribution is -0.142. The van der Waals surface area contributed by atoms with Crippen LogP contribution in [-0.4, -0.2) is 32.8 Å². The molecule has 6 nitrogen and oxygen atoms in total. The van der Waals surface area contributed by atoms with Gasteiger partial charge in [-0.2, -0.15) is 0 Å². The van der Waals surface area contributed by atoms with Gasteiger partial charge in [0.1, 0.15) is 5.75 Å². The highest BCUT2D eigenvalue weighted by atomic mass is 16.6. The highest BCUT2D eigenvalue weighted by molar-refractivity contribution is 5.91. The molecule has 2 aromatic carbocycles. The minimum absolute atomic E-state index is 0.250. The van der Waals surface area contributed by atoms with E-state index in [1.54, 1.807) is 12.1 Å². The molecular formula is C18H18O6. The average molecular weight is 330 g/mol. The normalized spacial score (nSPS) is 9.96. The number of hydrogen-bond donors (Lipinski definition) is 0. The van der Waals surface area contributed by atoms with Crippen molar-refractivity contribution >= 4 is 11.9 Å². The van der Waals surface area contributed by atoms with Crippen molar-refractivity contribution in [1.82, 2.24) is 0 Å². The maximum Gasteiger partial charge on any atom is 0.343 e. The third-order valence-corrected chi connectivity index (χ3v) is 3.20. The van der Waals surface area contributed by atoms with Gasteiger partial charge in [-0.15, -0.1) is 0 Å². The predicted molar refractivity (Wildman–Crippen MR) is 86.6 cm³/mol. The number of carbonyl (C=O) groups is 2. The minimum atomic E-state index is -0.517. The average Bonchev–Trinajstić information content (AvgIpc) is 2.61. The van der Waals surface area contributed by atoms with Gasteiger partial charge in [-0.25, -0.2) is 9.59 Å². The van der Waals surface area contributed by atoms with Crippen molar-refractivity contribution in [3.63, 3.8) is 0 Å². The molecule has 0 spiro atoms. The van der Waals surface area contributed by atoms with Crippen molar-refractivity contribution in [1.29, 1.82) is 0 Å². The highest BCUT2D eigenvalue weighted by Gasteiger charge is 2.14. The van der Waals surface area contributed by atoms with Crippen LogP contribution in [0.3, 0.4) is 0 Å². The first kappa shape index (κ1) is 17.3. The fourth-order valence-corrected chi connectivity index (χ4v) is 1.88. The Balaban J connectivity index is 2.11. The van der Waals surface area contributed by atoms with E-state index in [0.29, 0.717) is 22.8 Å². The summed E-state index contributed by atoms with van der Waals surface area (Å²) in [5.41, 5.74) is 1.38. The SMILES string of the molecule is COC(=O)COc1ccc(C(=O)Oc2ccc(C)cc2)cc1OC. The van der Waals surface area contributed by atoms with Gasteiger partial charge in [-0.05, 0) is 37.3 Å². The monoisotopic (exact) mass is 330 g/mol. The quantitative estimate of drug-likeness (QED) is 0.599. The number of ether oxygens (including phenoxy) is 4. The van der Waals surface area contributed by atoms with Gasteiger partial charge in [0.05, 0.1) is 19.8 Å². The van der Waals surface area contributed by atoms with E-state index in [1.165, 1.54) is 32.4 Å². The smallest absolute Gasteiger partial charge is 0.343 e. The summed E-state index contributed by atoms with van der Waals surface area (Å²) in [4.78, 5) is 23.3. The number of methoxy groups -OCH3 is 2. The topological polar surface area (TPSA) is 71.1 Å². The van der Waals surface area contributed by atoms with Gasteiger partial charge in [0.15, 0.2) is 18.1 Å². The van der Waals surface area contributed by atoms with Gasteiger partial charge in [0.25, 0.3) is 0 Å². The largest absolute Gasteiger partial charge is 0.493 e. The van der Waals surface area contributed by atoms with E-state index in [9.17, 15) is 9.59 Å². The number of benzene rings is 2. The Morgan fingerprint density at radius 3 is 2.29 bits per heavy atom. The molecule has 0 bridgehead atoms. The third kappa shape index (κ3) is 4.49. The van der Waals surface area contributed by atoms with Crippen LogP contribution in [0.5, 0.6) is 17.2 Å². The zero-order chi connectivity index (χ0) is 17.5. The molecule has 0 atom stereocenters. The molecule has 0 aliphatic carbocycles. The summed E-state index contributed by atoms with van der Waals surface area (Å²) in [7, 11) is 2.71. The summed E-state index contributed by atoms with van der Waals surface area (Å²) >= 11 is 0. The predicted octanol–water partition coefficient (Wildman–Crippen LogP) is 2.77. The first-order valence-corrected chi connectivity index (χ1v) is 7.20. The van der Waals surface area contributed by atoms with Crippen LogP contribution < -0.4 is 14.2 Å². The summed E-state index contributed by atoms with van der Waals surface area (Å²) in [5, 5.41) is 0. The second-order valence-electron chi connectivity index (χ2n) is 4.93. The molecule has 0 fully saturated rings. The van der Waals surface area contributed by atoms with Gasteiger partial charge in [-0.3, -0.25) is 0 Å². The van der Waals surface area contributed by atoms with Gasteiger partial charge >= 0.3 is 11.9 Å². The maximum atomic E-state index is 12.2. The van der Waals surface area contributed by atoms with Crippen molar-refractivity contribution in [2.24, 2.45) is 0 Å². The standard InChI is InChI=1S/C18H18O6/c1-12-4-7-14(8-5-12)24-18(20)13-6-9-15(16(10-13)21-2)23-11-17(19)22-3/h4-10H,11H2,1-3H3. The Kier molecular flexibility index (Phi) is 5.78. The zero-order valence-electron chi connectivity index (χ0n) is 13.7. The molecule has 24 heavy (non-hydrogen) atoms. The second kappa shape index (κ2) is 8.01. The minimum Gasteiger partial charge on any atom is -0.493 e. The highest BCUT2D eigenvalue weighted by Crippen LogP contribution is 2.28. The van der Waals surface area contributed by atoms with E-state index in [2.05, 4.69) is 4.74 Å². The first-order valence-electron chi connectivity index (χ1n) is 7.20. The number of esters is 2. The third-order valence-electron chi connectivity index (χ3n) is 3.20. The van der Waals surface area contributed by atoms with Crippen molar-refractivity contribution in [3.05, 3.63) is 53.6 Å². The summed E-state index contributed by atoms with van der Waals surface area (Å²) in [5.74, 6) is 0.0687. The lowest BCUT2D eigenvalue weighted by atomic mass is 10.2. The fraction of sp³-hybridized carbons (Fsp3) is 0.222. The molecule has 0 radical (unpaired) electrons. The lowest BCUT2D eigenvalue weighted by Crippen LogP contribution is -2.13. The molecule has 0 unspecified atom stereocenters. The molecule has 2 rings (SSSR count). The second-order valence-corrected chi connectivity index (χ2v) is 4.93. The van der Waals surface area contributed by atoms with Crippen molar-refractivity contribution in [3.8, 4) is 17.2 Å². The molecule has 2 aromatic rings. The fourth-order valence-electron chi connectivity index (χ4n) is 1.88.